The summed E-state index contributed by atoms with van der Waals surface area (Å²) >= 11 is 4.65. The van der Waals surface area contributed by atoms with Gasteiger partial charge in [-0.15, -0.1) is 10.2 Å². The van der Waals surface area contributed by atoms with E-state index in [2.05, 4.69) is 17.1 Å². The molecule has 1 aromatic heterocycles. The molecule has 8 heteroatoms. The third-order valence-electron chi connectivity index (χ3n) is 3.70. The Kier molecular flexibility index (Phi) is 6.50. The first-order chi connectivity index (χ1) is 12.2. The van der Waals surface area contributed by atoms with E-state index in [1.165, 1.54) is 23.1 Å². The van der Waals surface area contributed by atoms with Gasteiger partial charge in [-0.3, -0.25) is 9.59 Å². The van der Waals surface area contributed by atoms with Crippen LogP contribution < -0.4 is 4.90 Å². The van der Waals surface area contributed by atoms with Crippen molar-refractivity contribution < 1.29 is 9.59 Å². The van der Waals surface area contributed by atoms with Crippen LogP contribution in [0.25, 0.3) is 0 Å². The van der Waals surface area contributed by atoms with Crippen LogP contribution >= 0.6 is 34.9 Å². The summed E-state index contributed by atoms with van der Waals surface area (Å²) in [5.74, 6) is 1.52. The Hall–Kier alpha value is -1.38. The van der Waals surface area contributed by atoms with Gasteiger partial charge in [0.25, 0.3) is 0 Å². The maximum absolute atomic E-state index is 12.5. The Bertz CT molecular complexity index is 763. The molecule has 0 saturated carbocycles. The van der Waals surface area contributed by atoms with Crippen molar-refractivity contribution in [2.24, 2.45) is 0 Å². The lowest BCUT2D eigenvalue weighted by atomic mass is 10.1. The summed E-state index contributed by atoms with van der Waals surface area (Å²) in [6.45, 7) is 2.86. The number of nitrogens with zero attached hydrogens (tertiary/aromatic N) is 3. The SMILES string of the molecule is CCCSc1nnc(SCC(=O)c2cccc(N3CCCC3=O)c2)s1. The van der Waals surface area contributed by atoms with Crippen molar-refractivity contribution in [1.82, 2.24) is 10.2 Å². The number of aromatic nitrogens is 2. The van der Waals surface area contributed by atoms with Gasteiger partial charge < -0.3 is 4.90 Å². The van der Waals surface area contributed by atoms with Crippen LogP contribution in [-0.4, -0.2) is 39.9 Å². The Balaban J connectivity index is 1.59. The topological polar surface area (TPSA) is 63.2 Å². The molecular weight excluding hydrogens is 374 g/mol. The molecule has 1 fully saturated rings. The van der Waals surface area contributed by atoms with Gasteiger partial charge in [-0.25, -0.2) is 0 Å². The minimum atomic E-state index is 0.0384. The van der Waals surface area contributed by atoms with Gasteiger partial charge in [0, 0.05) is 30.0 Å². The molecule has 1 aromatic carbocycles. The quantitative estimate of drug-likeness (QED) is 0.496. The van der Waals surface area contributed by atoms with Gasteiger partial charge in [0.05, 0.1) is 5.75 Å². The number of Topliss-reactive ketones (excluding diaryl/α,β-unsaturated/α-hetero) is 1. The van der Waals surface area contributed by atoms with E-state index in [1.807, 2.05) is 18.2 Å². The molecule has 0 N–H and O–H groups in total. The molecule has 1 amide bonds. The van der Waals surface area contributed by atoms with E-state index in [-0.39, 0.29) is 11.7 Å². The standard InChI is InChI=1S/C17H19N3O2S3/c1-2-9-23-16-18-19-17(25-16)24-11-14(21)12-5-3-6-13(10-12)20-8-4-7-15(20)22/h3,5-6,10H,2,4,7-9,11H2,1H3. The summed E-state index contributed by atoms with van der Waals surface area (Å²) in [6.07, 6.45) is 2.56. The van der Waals surface area contributed by atoms with Crippen LogP contribution in [0.3, 0.4) is 0 Å². The van der Waals surface area contributed by atoms with Crippen molar-refractivity contribution in [3.8, 4) is 0 Å². The Morgan fingerprint density at radius 1 is 1.28 bits per heavy atom. The molecule has 2 heterocycles. The number of benzene rings is 1. The zero-order valence-corrected chi connectivity index (χ0v) is 16.4. The van der Waals surface area contributed by atoms with Gasteiger partial charge in [-0.1, -0.05) is 53.9 Å². The van der Waals surface area contributed by atoms with Crippen LogP contribution in [0.4, 0.5) is 5.69 Å². The van der Waals surface area contributed by atoms with Gasteiger partial charge >= 0.3 is 0 Å². The first-order valence-corrected chi connectivity index (χ1v) is 11.0. The number of amides is 1. The highest BCUT2D eigenvalue weighted by atomic mass is 32.2. The van der Waals surface area contributed by atoms with Gasteiger partial charge in [0.15, 0.2) is 14.5 Å². The maximum atomic E-state index is 12.5. The number of hydrogen-bond donors (Lipinski definition) is 0. The van der Waals surface area contributed by atoms with E-state index in [4.69, 9.17) is 0 Å². The van der Waals surface area contributed by atoms with E-state index < -0.39 is 0 Å². The summed E-state index contributed by atoms with van der Waals surface area (Å²) in [6, 6.07) is 7.34. The third kappa shape index (κ3) is 4.83. The van der Waals surface area contributed by atoms with E-state index in [0.717, 1.165) is 39.5 Å². The van der Waals surface area contributed by atoms with Crippen LogP contribution in [0.1, 0.15) is 36.5 Å². The monoisotopic (exact) mass is 393 g/mol. The molecule has 0 atom stereocenters. The predicted molar refractivity (Wildman–Crippen MR) is 104 cm³/mol. The predicted octanol–water partition coefficient (Wildman–Crippen LogP) is 4.14. The van der Waals surface area contributed by atoms with E-state index >= 15 is 0 Å². The van der Waals surface area contributed by atoms with Crippen molar-refractivity contribution in [1.29, 1.82) is 0 Å². The highest BCUT2D eigenvalue weighted by molar-refractivity contribution is 8.03. The number of carbonyl (C=O) groups excluding carboxylic acids is 2. The van der Waals surface area contributed by atoms with Crippen molar-refractivity contribution in [2.75, 3.05) is 23.0 Å². The molecular formula is C17H19N3O2S3. The van der Waals surface area contributed by atoms with Gasteiger partial charge in [-0.2, -0.15) is 0 Å². The average Bonchev–Trinajstić information content (AvgIpc) is 3.26. The second kappa shape index (κ2) is 8.82. The molecule has 5 nitrogen and oxygen atoms in total. The second-order valence-electron chi connectivity index (χ2n) is 5.59. The normalized spacial score (nSPS) is 14.3. The molecule has 1 saturated heterocycles. The maximum Gasteiger partial charge on any atom is 0.227 e. The summed E-state index contributed by atoms with van der Waals surface area (Å²) < 4.78 is 1.77. The Morgan fingerprint density at radius 3 is 2.80 bits per heavy atom. The molecule has 0 spiro atoms. The Morgan fingerprint density at radius 2 is 2.08 bits per heavy atom. The fraction of sp³-hybridized carbons (Fsp3) is 0.412. The highest BCUT2D eigenvalue weighted by Crippen LogP contribution is 2.30. The van der Waals surface area contributed by atoms with Crippen molar-refractivity contribution in [3.63, 3.8) is 0 Å². The molecule has 1 aliphatic heterocycles. The number of hydrogen-bond acceptors (Lipinski definition) is 7. The molecule has 0 aliphatic carbocycles. The lowest BCUT2D eigenvalue weighted by Crippen LogP contribution is -2.23. The number of anilines is 1. The zero-order valence-electron chi connectivity index (χ0n) is 13.9. The number of ketones is 1. The van der Waals surface area contributed by atoms with Crippen LogP contribution in [0, 0.1) is 0 Å². The van der Waals surface area contributed by atoms with Crippen molar-refractivity contribution in [2.45, 2.75) is 34.9 Å². The first kappa shape index (κ1) is 18.4. The fourth-order valence-corrected chi connectivity index (χ4v) is 5.32. The summed E-state index contributed by atoms with van der Waals surface area (Å²) in [5.41, 5.74) is 1.45. The molecule has 3 rings (SSSR count). The zero-order chi connectivity index (χ0) is 17.6. The van der Waals surface area contributed by atoms with Gasteiger partial charge in [0.2, 0.25) is 5.91 Å². The number of thioether (sulfide) groups is 2. The molecule has 25 heavy (non-hydrogen) atoms. The minimum absolute atomic E-state index is 0.0384. The molecule has 0 radical (unpaired) electrons. The van der Waals surface area contributed by atoms with Crippen LogP contribution in [-0.2, 0) is 4.79 Å². The van der Waals surface area contributed by atoms with E-state index in [9.17, 15) is 9.59 Å². The van der Waals surface area contributed by atoms with Crippen LogP contribution in [0.15, 0.2) is 32.9 Å². The van der Waals surface area contributed by atoms with Crippen molar-refractivity contribution >= 4 is 52.2 Å². The average molecular weight is 394 g/mol. The fourth-order valence-electron chi connectivity index (χ4n) is 2.48. The Labute approximate surface area is 159 Å². The smallest absolute Gasteiger partial charge is 0.227 e. The lowest BCUT2D eigenvalue weighted by molar-refractivity contribution is -0.117. The highest BCUT2D eigenvalue weighted by Gasteiger charge is 2.22. The second-order valence-corrected chi connectivity index (χ2v) is 9.14. The van der Waals surface area contributed by atoms with Crippen LogP contribution in [0.2, 0.25) is 0 Å². The molecule has 0 bridgehead atoms. The first-order valence-electron chi connectivity index (χ1n) is 8.20. The lowest BCUT2D eigenvalue weighted by Gasteiger charge is -2.16. The summed E-state index contributed by atoms with van der Waals surface area (Å²) in [7, 11) is 0. The summed E-state index contributed by atoms with van der Waals surface area (Å²) in [4.78, 5) is 26.1. The number of carbonyl (C=O) groups is 2. The molecule has 2 aromatic rings. The van der Waals surface area contributed by atoms with Gasteiger partial charge in [0.1, 0.15) is 0 Å². The molecule has 1 aliphatic rings. The largest absolute Gasteiger partial charge is 0.312 e. The minimum Gasteiger partial charge on any atom is -0.312 e. The number of rotatable bonds is 8. The van der Waals surface area contributed by atoms with E-state index in [0.29, 0.717) is 17.7 Å². The molecule has 132 valence electrons. The van der Waals surface area contributed by atoms with E-state index in [1.54, 1.807) is 22.7 Å². The van der Waals surface area contributed by atoms with Crippen LogP contribution in [0.5, 0.6) is 0 Å². The third-order valence-corrected chi connectivity index (χ3v) is 7.09. The molecule has 0 unspecified atom stereocenters. The van der Waals surface area contributed by atoms with Crippen molar-refractivity contribution in [3.05, 3.63) is 29.8 Å². The summed E-state index contributed by atoms with van der Waals surface area (Å²) in [5, 5.41) is 8.27. The van der Waals surface area contributed by atoms with Gasteiger partial charge in [-0.05, 0) is 25.0 Å².